The molecule has 0 aliphatic carbocycles. The molecule has 0 N–H and O–H groups in total. The fourth-order valence-corrected chi connectivity index (χ4v) is 2.63. The van der Waals surface area contributed by atoms with E-state index in [9.17, 15) is 9.59 Å². The highest BCUT2D eigenvalue weighted by molar-refractivity contribution is 6.34. The van der Waals surface area contributed by atoms with E-state index < -0.39 is 0 Å². The van der Waals surface area contributed by atoms with Crippen molar-refractivity contribution in [2.75, 3.05) is 32.8 Å². The minimum Gasteiger partial charge on any atom is -0.482 e. The maximum absolute atomic E-state index is 12.2. The SMILES string of the molecule is CC(=O)N1CCCN(C(=O)COc2cc(Cl)ccc2Cl)CC1. The highest BCUT2D eigenvalue weighted by atomic mass is 35.5. The summed E-state index contributed by atoms with van der Waals surface area (Å²) >= 11 is 11.9. The molecule has 1 aliphatic heterocycles. The summed E-state index contributed by atoms with van der Waals surface area (Å²) < 4.78 is 5.46. The molecular weight excluding hydrogens is 327 g/mol. The zero-order valence-electron chi connectivity index (χ0n) is 12.3. The van der Waals surface area contributed by atoms with Crippen molar-refractivity contribution in [3.63, 3.8) is 0 Å². The lowest BCUT2D eigenvalue weighted by Crippen LogP contribution is -2.38. The highest BCUT2D eigenvalue weighted by Crippen LogP contribution is 2.27. The van der Waals surface area contributed by atoms with E-state index in [0.29, 0.717) is 42.0 Å². The number of ether oxygens (including phenoxy) is 1. The lowest BCUT2D eigenvalue weighted by Gasteiger charge is -2.21. The Kier molecular flexibility index (Phi) is 5.91. The van der Waals surface area contributed by atoms with Crippen molar-refractivity contribution < 1.29 is 14.3 Å². The van der Waals surface area contributed by atoms with Crippen LogP contribution in [0.2, 0.25) is 10.0 Å². The van der Waals surface area contributed by atoms with E-state index in [0.717, 1.165) is 6.42 Å². The minimum absolute atomic E-state index is 0.0382. The number of halogens is 2. The monoisotopic (exact) mass is 344 g/mol. The first-order chi connectivity index (χ1) is 10.5. The van der Waals surface area contributed by atoms with Gasteiger partial charge in [0.25, 0.3) is 5.91 Å². The first-order valence-corrected chi connectivity index (χ1v) is 7.84. The third-order valence-electron chi connectivity index (χ3n) is 3.54. The van der Waals surface area contributed by atoms with Crippen molar-refractivity contribution in [1.82, 2.24) is 9.80 Å². The average molecular weight is 345 g/mol. The van der Waals surface area contributed by atoms with Gasteiger partial charge in [-0.15, -0.1) is 0 Å². The van der Waals surface area contributed by atoms with Crippen LogP contribution < -0.4 is 4.74 Å². The highest BCUT2D eigenvalue weighted by Gasteiger charge is 2.20. The van der Waals surface area contributed by atoms with Gasteiger partial charge in [0.1, 0.15) is 5.75 Å². The number of hydrogen-bond acceptors (Lipinski definition) is 3. The third kappa shape index (κ3) is 4.52. The van der Waals surface area contributed by atoms with Crippen LogP contribution in [0.5, 0.6) is 5.75 Å². The number of amides is 2. The first kappa shape index (κ1) is 16.9. The number of nitrogens with zero attached hydrogens (tertiary/aromatic N) is 2. The van der Waals surface area contributed by atoms with Gasteiger partial charge >= 0.3 is 0 Å². The van der Waals surface area contributed by atoms with Crippen molar-refractivity contribution in [1.29, 1.82) is 0 Å². The molecule has 1 heterocycles. The Bertz CT molecular complexity index is 566. The van der Waals surface area contributed by atoms with Gasteiger partial charge in [-0.3, -0.25) is 9.59 Å². The summed E-state index contributed by atoms with van der Waals surface area (Å²) in [4.78, 5) is 27.1. The zero-order chi connectivity index (χ0) is 16.1. The summed E-state index contributed by atoms with van der Waals surface area (Å²) in [5, 5.41) is 0.912. The summed E-state index contributed by atoms with van der Waals surface area (Å²) in [6.07, 6.45) is 0.767. The molecule has 0 spiro atoms. The van der Waals surface area contributed by atoms with Crippen molar-refractivity contribution in [2.45, 2.75) is 13.3 Å². The first-order valence-electron chi connectivity index (χ1n) is 7.08. The second-order valence-electron chi connectivity index (χ2n) is 5.10. The van der Waals surface area contributed by atoms with Gasteiger partial charge in [0.2, 0.25) is 5.91 Å². The molecule has 7 heteroatoms. The normalized spacial score (nSPS) is 15.4. The van der Waals surface area contributed by atoms with Crippen molar-refractivity contribution >= 4 is 35.0 Å². The predicted octanol–water partition coefficient (Wildman–Crippen LogP) is 2.45. The molecule has 2 amide bonds. The maximum Gasteiger partial charge on any atom is 0.260 e. The molecule has 2 rings (SSSR count). The van der Waals surface area contributed by atoms with Gasteiger partial charge in [0, 0.05) is 44.2 Å². The Morgan fingerprint density at radius 2 is 1.82 bits per heavy atom. The van der Waals surface area contributed by atoms with E-state index in [1.165, 1.54) is 0 Å². The van der Waals surface area contributed by atoms with Gasteiger partial charge in [0.15, 0.2) is 6.61 Å². The molecule has 120 valence electrons. The molecule has 0 radical (unpaired) electrons. The van der Waals surface area contributed by atoms with Crippen molar-refractivity contribution in [2.24, 2.45) is 0 Å². The molecular formula is C15H18Cl2N2O3. The largest absolute Gasteiger partial charge is 0.482 e. The molecule has 1 aromatic carbocycles. The Morgan fingerprint density at radius 1 is 1.14 bits per heavy atom. The molecule has 1 saturated heterocycles. The fraction of sp³-hybridized carbons (Fsp3) is 0.467. The topological polar surface area (TPSA) is 49.9 Å². The standard InChI is InChI=1S/C15H18Cl2N2O3/c1-11(20)18-5-2-6-19(8-7-18)15(21)10-22-14-9-12(16)3-4-13(14)17/h3-4,9H,2,5-8,10H2,1H3. The second-order valence-corrected chi connectivity index (χ2v) is 5.95. The van der Waals surface area contributed by atoms with Crippen LogP contribution in [0.1, 0.15) is 13.3 Å². The number of carbonyl (C=O) groups is 2. The number of rotatable bonds is 3. The lowest BCUT2D eigenvalue weighted by atomic mass is 10.3. The summed E-state index contributed by atoms with van der Waals surface area (Å²) in [6, 6.07) is 4.86. The maximum atomic E-state index is 12.2. The van der Waals surface area contributed by atoms with E-state index in [2.05, 4.69) is 0 Å². The Morgan fingerprint density at radius 3 is 2.55 bits per heavy atom. The Labute approximate surface area is 139 Å². The minimum atomic E-state index is -0.124. The van der Waals surface area contributed by atoms with Crippen LogP contribution in [0, 0.1) is 0 Å². The molecule has 0 bridgehead atoms. The number of hydrogen-bond donors (Lipinski definition) is 0. The summed E-state index contributed by atoms with van der Waals surface area (Å²) in [7, 11) is 0. The molecule has 1 fully saturated rings. The smallest absolute Gasteiger partial charge is 0.260 e. The van der Waals surface area contributed by atoms with Crippen LogP contribution in [0.25, 0.3) is 0 Å². The third-order valence-corrected chi connectivity index (χ3v) is 4.09. The van der Waals surface area contributed by atoms with Gasteiger partial charge in [-0.05, 0) is 18.6 Å². The van der Waals surface area contributed by atoms with E-state index in [4.69, 9.17) is 27.9 Å². The number of carbonyl (C=O) groups excluding carboxylic acids is 2. The van der Waals surface area contributed by atoms with E-state index in [1.807, 2.05) is 0 Å². The van der Waals surface area contributed by atoms with E-state index in [-0.39, 0.29) is 18.4 Å². The molecule has 0 unspecified atom stereocenters. The summed E-state index contributed by atoms with van der Waals surface area (Å²) in [5.41, 5.74) is 0. The molecule has 1 aromatic rings. The van der Waals surface area contributed by atoms with Crippen molar-refractivity contribution in [3.05, 3.63) is 28.2 Å². The quantitative estimate of drug-likeness (QED) is 0.846. The molecule has 0 saturated carbocycles. The van der Waals surface area contributed by atoms with Gasteiger partial charge in [-0.1, -0.05) is 23.2 Å². The second kappa shape index (κ2) is 7.70. The Balaban J connectivity index is 1.89. The summed E-state index contributed by atoms with van der Waals surface area (Å²) in [6.45, 7) is 3.82. The van der Waals surface area contributed by atoms with Crippen LogP contribution in [0.4, 0.5) is 0 Å². The number of benzene rings is 1. The van der Waals surface area contributed by atoms with Crippen LogP contribution in [0.3, 0.4) is 0 Å². The molecule has 0 atom stereocenters. The molecule has 22 heavy (non-hydrogen) atoms. The van der Waals surface area contributed by atoms with Crippen LogP contribution in [0.15, 0.2) is 18.2 Å². The van der Waals surface area contributed by atoms with Gasteiger partial charge < -0.3 is 14.5 Å². The van der Waals surface area contributed by atoms with E-state index >= 15 is 0 Å². The van der Waals surface area contributed by atoms with Gasteiger partial charge in [0.05, 0.1) is 5.02 Å². The average Bonchev–Trinajstić information content (AvgIpc) is 2.74. The van der Waals surface area contributed by atoms with Crippen LogP contribution in [-0.2, 0) is 9.59 Å². The van der Waals surface area contributed by atoms with Crippen LogP contribution >= 0.6 is 23.2 Å². The molecule has 5 nitrogen and oxygen atoms in total. The lowest BCUT2D eigenvalue weighted by molar-refractivity contribution is -0.134. The van der Waals surface area contributed by atoms with E-state index in [1.54, 1.807) is 34.9 Å². The molecule has 1 aliphatic rings. The Hall–Kier alpha value is -1.46. The molecule has 0 aromatic heterocycles. The van der Waals surface area contributed by atoms with Crippen LogP contribution in [-0.4, -0.2) is 54.4 Å². The van der Waals surface area contributed by atoms with Crippen molar-refractivity contribution in [3.8, 4) is 5.75 Å². The summed E-state index contributed by atoms with van der Waals surface area (Å²) in [5.74, 6) is 0.306. The van der Waals surface area contributed by atoms with Gasteiger partial charge in [-0.2, -0.15) is 0 Å². The van der Waals surface area contributed by atoms with Gasteiger partial charge in [-0.25, -0.2) is 0 Å². The zero-order valence-corrected chi connectivity index (χ0v) is 13.9. The predicted molar refractivity (Wildman–Crippen MR) is 85.4 cm³/mol. The fourth-order valence-electron chi connectivity index (χ4n) is 2.30.